The number of amides is 1. The zero-order valence-electron chi connectivity index (χ0n) is 15.7. The van der Waals surface area contributed by atoms with E-state index in [1.165, 1.54) is 0 Å². The highest BCUT2D eigenvalue weighted by molar-refractivity contribution is 5.95. The molecule has 0 spiro atoms. The number of fused-ring (bicyclic) bond motifs is 1. The van der Waals surface area contributed by atoms with Crippen LogP contribution >= 0.6 is 0 Å². The van der Waals surface area contributed by atoms with Crippen LogP contribution in [-0.2, 0) is 0 Å². The molecule has 5 rings (SSSR count). The first-order valence-corrected chi connectivity index (χ1v) is 9.55. The molecule has 0 saturated heterocycles. The van der Waals surface area contributed by atoms with Gasteiger partial charge in [0.05, 0.1) is 11.4 Å². The number of hydrogen-bond acceptors (Lipinski definition) is 5. The summed E-state index contributed by atoms with van der Waals surface area (Å²) in [5.41, 5.74) is 10.7. The molecular formula is C22H20N6O. The third kappa shape index (κ3) is 3.62. The third-order valence-corrected chi connectivity index (χ3v) is 4.91. The standard InChI is InChI=1S/C22H20N6O/c23-18-6-1-2-7-19(18)25-22-26-20-11-8-16(13-28(20)27-22)14-4-3-5-15(12-14)21(29)24-17-9-10-17/h1-8,11-13,17H,9-10,23H2,(H,24,29)(H,25,27). The van der Waals surface area contributed by atoms with Crippen molar-refractivity contribution in [3.63, 3.8) is 0 Å². The van der Waals surface area contributed by atoms with Gasteiger partial charge in [-0.05, 0) is 54.8 Å². The summed E-state index contributed by atoms with van der Waals surface area (Å²) in [4.78, 5) is 16.8. The molecular weight excluding hydrogens is 364 g/mol. The van der Waals surface area contributed by atoms with Crippen molar-refractivity contribution in [3.8, 4) is 11.1 Å². The minimum atomic E-state index is -0.0249. The number of anilines is 3. The molecule has 1 aliphatic carbocycles. The normalized spacial score (nSPS) is 13.4. The number of carbonyl (C=O) groups excluding carboxylic acids is 1. The number of carbonyl (C=O) groups is 1. The maximum absolute atomic E-state index is 12.3. The third-order valence-electron chi connectivity index (χ3n) is 4.91. The first kappa shape index (κ1) is 17.2. The van der Waals surface area contributed by atoms with Gasteiger partial charge in [0.25, 0.3) is 5.91 Å². The molecule has 7 nitrogen and oxygen atoms in total. The summed E-state index contributed by atoms with van der Waals surface area (Å²) in [6.07, 6.45) is 4.04. The van der Waals surface area contributed by atoms with Crippen LogP contribution in [-0.4, -0.2) is 26.5 Å². The predicted octanol–water partition coefficient (Wildman–Crippen LogP) is 3.61. The molecule has 4 aromatic rings. The summed E-state index contributed by atoms with van der Waals surface area (Å²) in [7, 11) is 0. The zero-order valence-corrected chi connectivity index (χ0v) is 15.7. The number of aromatic nitrogens is 3. The Morgan fingerprint density at radius 3 is 2.72 bits per heavy atom. The van der Waals surface area contributed by atoms with E-state index in [2.05, 4.69) is 20.7 Å². The molecule has 0 aliphatic heterocycles. The van der Waals surface area contributed by atoms with Crippen molar-refractivity contribution in [1.29, 1.82) is 0 Å². The number of nitrogens with one attached hydrogen (secondary N) is 2. The summed E-state index contributed by atoms with van der Waals surface area (Å²) >= 11 is 0. The maximum atomic E-state index is 12.3. The Bertz CT molecular complexity index is 1210. The van der Waals surface area contributed by atoms with Crippen LogP contribution in [0.5, 0.6) is 0 Å². The molecule has 1 fully saturated rings. The molecule has 1 aliphatic rings. The summed E-state index contributed by atoms with van der Waals surface area (Å²) in [6.45, 7) is 0. The molecule has 2 aromatic carbocycles. The second-order valence-corrected chi connectivity index (χ2v) is 7.20. The van der Waals surface area contributed by atoms with Crippen LogP contribution in [0.2, 0.25) is 0 Å². The van der Waals surface area contributed by atoms with Crippen LogP contribution in [0.25, 0.3) is 16.8 Å². The van der Waals surface area contributed by atoms with Crippen LogP contribution in [0.15, 0.2) is 66.9 Å². The van der Waals surface area contributed by atoms with Gasteiger partial charge in [-0.2, -0.15) is 4.98 Å². The smallest absolute Gasteiger partial charge is 0.251 e. The number of pyridine rings is 1. The first-order chi connectivity index (χ1) is 14.2. The second-order valence-electron chi connectivity index (χ2n) is 7.20. The molecule has 2 heterocycles. The van der Waals surface area contributed by atoms with Gasteiger partial charge in [0.15, 0.2) is 5.65 Å². The van der Waals surface area contributed by atoms with Gasteiger partial charge in [-0.15, -0.1) is 5.10 Å². The number of nitrogen functional groups attached to an aromatic ring is 1. The van der Waals surface area contributed by atoms with Crippen molar-refractivity contribution in [2.45, 2.75) is 18.9 Å². The molecule has 7 heteroatoms. The average Bonchev–Trinajstić information content (AvgIpc) is 3.46. The van der Waals surface area contributed by atoms with Crippen LogP contribution in [0.1, 0.15) is 23.2 Å². The highest BCUT2D eigenvalue weighted by atomic mass is 16.1. The van der Waals surface area contributed by atoms with Crippen molar-refractivity contribution in [2.24, 2.45) is 0 Å². The van der Waals surface area contributed by atoms with E-state index in [1.54, 1.807) is 4.52 Å². The lowest BCUT2D eigenvalue weighted by Crippen LogP contribution is -2.25. The van der Waals surface area contributed by atoms with Crippen molar-refractivity contribution < 1.29 is 4.79 Å². The maximum Gasteiger partial charge on any atom is 0.251 e. The lowest BCUT2D eigenvalue weighted by molar-refractivity contribution is 0.0951. The van der Waals surface area contributed by atoms with Crippen LogP contribution in [0.3, 0.4) is 0 Å². The first-order valence-electron chi connectivity index (χ1n) is 9.55. The molecule has 0 unspecified atom stereocenters. The molecule has 0 atom stereocenters. The highest BCUT2D eigenvalue weighted by Crippen LogP contribution is 2.24. The second kappa shape index (κ2) is 6.94. The van der Waals surface area contributed by atoms with Crippen molar-refractivity contribution in [3.05, 3.63) is 72.4 Å². The molecule has 0 bridgehead atoms. The minimum Gasteiger partial charge on any atom is -0.397 e. The van der Waals surface area contributed by atoms with Crippen LogP contribution in [0, 0.1) is 0 Å². The number of hydrogen-bond donors (Lipinski definition) is 3. The zero-order chi connectivity index (χ0) is 19.8. The summed E-state index contributed by atoms with van der Waals surface area (Å²) in [5.74, 6) is 0.445. The number of para-hydroxylation sites is 2. The average molecular weight is 384 g/mol. The Labute approximate surface area is 167 Å². The Kier molecular flexibility index (Phi) is 4.13. The topological polar surface area (TPSA) is 97.3 Å². The van der Waals surface area contributed by atoms with Gasteiger partial charge in [0.1, 0.15) is 0 Å². The fraction of sp³-hybridized carbons (Fsp3) is 0.136. The number of benzene rings is 2. The van der Waals surface area contributed by atoms with E-state index in [1.807, 2.05) is 66.9 Å². The Morgan fingerprint density at radius 1 is 1.03 bits per heavy atom. The molecule has 2 aromatic heterocycles. The number of rotatable bonds is 5. The molecule has 29 heavy (non-hydrogen) atoms. The van der Waals surface area contributed by atoms with Gasteiger partial charge >= 0.3 is 0 Å². The Balaban J connectivity index is 1.42. The van der Waals surface area contributed by atoms with Crippen LogP contribution < -0.4 is 16.4 Å². The summed E-state index contributed by atoms with van der Waals surface area (Å²) < 4.78 is 1.72. The van der Waals surface area contributed by atoms with E-state index in [9.17, 15) is 4.79 Å². The molecule has 4 N–H and O–H groups in total. The van der Waals surface area contributed by atoms with Gasteiger partial charge < -0.3 is 16.4 Å². The quantitative estimate of drug-likeness (QED) is 0.457. The van der Waals surface area contributed by atoms with Gasteiger partial charge in [0, 0.05) is 23.4 Å². The largest absolute Gasteiger partial charge is 0.397 e. The Hall–Kier alpha value is -3.87. The summed E-state index contributed by atoms with van der Waals surface area (Å²) in [6, 6.07) is 19.3. The lowest BCUT2D eigenvalue weighted by Gasteiger charge is -2.06. The van der Waals surface area contributed by atoms with E-state index in [4.69, 9.17) is 5.73 Å². The predicted molar refractivity (Wildman–Crippen MR) is 113 cm³/mol. The monoisotopic (exact) mass is 384 g/mol. The van der Waals surface area contributed by atoms with E-state index >= 15 is 0 Å². The Morgan fingerprint density at radius 2 is 1.90 bits per heavy atom. The van der Waals surface area contributed by atoms with Gasteiger partial charge in [0.2, 0.25) is 5.95 Å². The van der Waals surface area contributed by atoms with E-state index in [0.29, 0.717) is 28.9 Å². The van der Waals surface area contributed by atoms with Crippen molar-refractivity contribution >= 4 is 28.9 Å². The van der Waals surface area contributed by atoms with Crippen molar-refractivity contribution in [1.82, 2.24) is 19.9 Å². The van der Waals surface area contributed by atoms with E-state index < -0.39 is 0 Å². The molecule has 1 amide bonds. The highest BCUT2D eigenvalue weighted by Gasteiger charge is 2.23. The van der Waals surface area contributed by atoms with Gasteiger partial charge in [-0.1, -0.05) is 24.3 Å². The molecule has 0 radical (unpaired) electrons. The summed E-state index contributed by atoms with van der Waals surface area (Å²) in [5, 5.41) is 10.7. The molecule has 1 saturated carbocycles. The lowest BCUT2D eigenvalue weighted by atomic mass is 10.0. The fourth-order valence-corrected chi connectivity index (χ4v) is 3.17. The van der Waals surface area contributed by atoms with Gasteiger partial charge in [-0.3, -0.25) is 4.79 Å². The van der Waals surface area contributed by atoms with Crippen molar-refractivity contribution in [2.75, 3.05) is 11.1 Å². The fourth-order valence-electron chi connectivity index (χ4n) is 3.17. The minimum absolute atomic E-state index is 0.0249. The number of nitrogens with two attached hydrogens (primary N) is 1. The van der Waals surface area contributed by atoms with Gasteiger partial charge in [-0.25, -0.2) is 4.52 Å². The van der Waals surface area contributed by atoms with E-state index in [0.717, 1.165) is 29.7 Å². The van der Waals surface area contributed by atoms with Crippen LogP contribution in [0.4, 0.5) is 17.3 Å². The SMILES string of the molecule is Nc1ccccc1Nc1nc2ccc(-c3cccc(C(=O)NC4CC4)c3)cn2n1. The molecule has 144 valence electrons. The van der Waals surface area contributed by atoms with E-state index in [-0.39, 0.29) is 5.91 Å². The number of nitrogens with zero attached hydrogens (tertiary/aromatic N) is 3.